The third kappa shape index (κ3) is 2.45. The molecule has 2 heteroatoms. The Kier molecular flexibility index (Phi) is 3.30. The van der Waals surface area contributed by atoms with Crippen LogP contribution >= 0.6 is 0 Å². The van der Waals surface area contributed by atoms with E-state index in [-0.39, 0.29) is 12.2 Å². The first-order valence-corrected chi connectivity index (χ1v) is 5.35. The zero-order chi connectivity index (χ0) is 11.4. The zero-order valence-corrected chi connectivity index (χ0v) is 8.95. The van der Waals surface area contributed by atoms with Gasteiger partial charge in [-0.25, -0.2) is 4.39 Å². The summed E-state index contributed by atoms with van der Waals surface area (Å²) >= 11 is 0. The summed E-state index contributed by atoms with van der Waals surface area (Å²) in [4.78, 5) is 10.9. The molecule has 0 aliphatic rings. The van der Waals surface area contributed by atoms with Gasteiger partial charge in [-0.3, -0.25) is 4.79 Å². The van der Waals surface area contributed by atoms with E-state index in [0.29, 0.717) is 6.42 Å². The van der Waals surface area contributed by atoms with Gasteiger partial charge in [0, 0.05) is 6.42 Å². The van der Waals surface area contributed by atoms with Crippen molar-refractivity contribution in [3.8, 4) is 0 Å². The predicted octanol–water partition coefficient (Wildman–Crippen LogP) is 3.31. The minimum Gasteiger partial charge on any atom is -0.297 e. The van der Waals surface area contributed by atoms with E-state index in [0.717, 1.165) is 10.9 Å². The molecule has 0 N–H and O–H groups in total. The monoisotopic (exact) mass is 216 g/mol. The molecule has 0 aliphatic carbocycles. The van der Waals surface area contributed by atoms with Gasteiger partial charge in [0.1, 0.15) is 6.67 Å². The van der Waals surface area contributed by atoms with Gasteiger partial charge in [-0.15, -0.1) is 0 Å². The maximum atomic E-state index is 12.0. The molecule has 0 fully saturated rings. The Hall–Kier alpha value is -1.70. The number of fused-ring (bicyclic) bond motifs is 1. The molecule has 0 radical (unpaired) electrons. The molecule has 2 aromatic rings. The third-order valence-corrected chi connectivity index (χ3v) is 2.66. The Bertz CT molecular complexity index is 505. The molecule has 0 heterocycles. The number of hydrogen-bond acceptors (Lipinski definition) is 1. The van der Waals surface area contributed by atoms with Crippen molar-refractivity contribution in [2.75, 3.05) is 6.67 Å². The third-order valence-electron chi connectivity index (χ3n) is 2.66. The fourth-order valence-electron chi connectivity index (χ4n) is 1.74. The van der Waals surface area contributed by atoms with E-state index in [1.165, 1.54) is 5.39 Å². The number of ketones is 1. The second-order valence-electron chi connectivity index (χ2n) is 3.85. The first-order valence-electron chi connectivity index (χ1n) is 5.35. The minimum atomic E-state index is -0.854. The van der Waals surface area contributed by atoms with Crippen LogP contribution in [0.15, 0.2) is 42.5 Å². The largest absolute Gasteiger partial charge is 0.297 e. The lowest BCUT2D eigenvalue weighted by Crippen LogP contribution is -2.01. The number of benzene rings is 2. The molecule has 0 saturated carbocycles. The van der Waals surface area contributed by atoms with Crippen molar-refractivity contribution < 1.29 is 9.18 Å². The van der Waals surface area contributed by atoms with Crippen LogP contribution < -0.4 is 0 Å². The number of Topliss-reactive ketones (excluding diaryl/α,β-unsaturated/α-hetero) is 1. The van der Waals surface area contributed by atoms with E-state index in [1.807, 2.05) is 36.4 Å². The zero-order valence-electron chi connectivity index (χ0n) is 8.95. The average molecular weight is 216 g/mol. The molecule has 2 aromatic carbocycles. The fourth-order valence-corrected chi connectivity index (χ4v) is 1.74. The van der Waals surface area contributed by atoms with Crippen LogP contribution in [0.4, 0.5) is 4.39 Å². The van der Waals surface area contributed by atoms with Gasteiger partial charge < -0.3 is 0 Å². The Balaban J connectivity index is 2.16. The van der Waals surface area contributed by atoms with Gasteiger partial charge in [0.15, 0.2) is 5.78 Å². The van der Waals surface area contributed by atoms with Crippen molar-refractivity contribution in [3.05, 3.63) is 48.0 Å². The van der Waals surface area contributed by atoms with Gasteiger partial charge in [-0.1, -0.05) is 42.5 Å². The van der Waals surface area contributed by atoms with Crippen LogP contribution in [0, 0.1) is 0 Å². The number of halogens is 1. The lowest BCUT2D eigenvalue weighted by atomic mass is 10.0. The summed E-state index contributed by atoms with van der Waals surface area (Å²) in [5.74, 6) is -0.326. The number of carbonyl (C=O) groups is 1. The van der Waals surface area contributed by atoms with Gasteiger partial charge in [0.2, 0.25) is 0 Å². The van der Waals surface area contributed by atoms with Crippen molar-refractivity contribution in [1.29, 1.82) is 0 Å². The maximum Gasteiger partial charge on any atom is 0.164 e. The summed E-state index contributed by atoms with van der Waals surface area (Å²) in [7, 11) is 0. The number of aryl methyl sites for hydroxylation is 1. The quantitative estimate of drug-likeness (QED) is 0.766. The van der Waals surface area contributed by atoms with Crippen molar-refractivity contribution in [2.45, 2.75) is 12.8 Å². The smallest absolute Gasteiger partial charge is 0.164 e. The molecule has 0 aliphatic heterocycles. The summed E-state index contributed by atoms with van der Waals surface area (Å²) in [5, 5.41) is 2.34. The molecular weight excluding hydrogens is 203 g/mol. The van der Waals surface area contributed by atoms with Gasteiger partial charge in [0.25, 0.3) is 0 Å². The Labute approximate surface area is 93.9 Å². The molecule has 0 saturated heterocycles. The molecule has 0 unspecified atom stereocenters. The van der Waals surface area contributed by atoms with E-state index in [2.05, 4.69) is 6.07 Å². The van der Waals surface area contributed by atoms with Crippen molar-refractivity contribution in [2.24, 2.45) is 0 Å². The molecule has 16 heavy (non-hydrogen) atoms. The number of rotatable bonds is 4. The molecule has 0 spiro atoms. The number of alkyl halides is 1. The van der Waals surface area contributed by atoms with Gasteiger partial charge >= 0.3 is 0 Å². The van der Waals surface area contributed by atoms with Crippen LogP contribution in [-0.2, 0) is 11.2 Å². The first kappa shape index (κ1) is 10.8. The molecule has 0 bridgehead atoms. The number of carbonyl (C=O) groups excluding carboxylic acids is 1. The van der Waals surface area contributed by atoms with Crippen LogP contribution in [0.2, 0.25) is 0 Å². The molecular formula is C14H13FO. The summed E-state index contributed by atoms with van der Waals surface area (Å²) in [5.41, 5.74) is 1.08. The van der Waals surface area contributed by atoms with E-state index >= 15 is 0 Å². The highest BCUT2D eigenvalue weighted by molar-refractivity contribution is 5.83. The fraction of sp³-hybridized carbons (Fsp3) is 0.214. The van der Waals surface area contributed by atoms with Crippen molar-refractivity contribution in [3.63, 3.8) is 0 Å². The van der Waals surface area contributed by atoms with Crippen LogP contribution in [0.3, 0.4) is 0 Å². The molecule has 0 atom stereocenters. The SMILES string of the molecule is O=C(CF)CCc1ccc2ccccc2c1. The minimum absolute atomic E-state index is 0.287. The van der Waals surface area contributed by atoms with Crippen LogP contribution in [-0.4, -0.2) is 12.5 Å². The molecule has 1 nitrogen and oxygen atoms in total. The summed E-state index contributed by atoms with van der Waals surface area (Å²) in [6, 6.07) is 14.1. The molecule has 82 valence electrons. The average Bonchev–Trinajstić information content (AvgIpc) is 2.35. The highest BCUT2D eigenvalue weighted by Crippen LogP contribution is 2.16. The summed E-state index contributed by atoms with van der Waals surface area (Å²) in [6.45, 7) is -0.854. The highest BCUT2D eigenvalue weighted by Gasteiger charge is 2.02. The standard InChI is InChI=1S/C14H13FO/c15-10-14(16)8-6-11-5-7-12-3-1-2-4-13(12)9-11/h1-5,7,9H,6,8,10H2. The van der Waals surface area contributed by atoms with Crippen molar-refractivity contribution >= 4 is 16.6 Å². The van der Waals surface area contributed by atoms with Gasteiger partial charge in [-0.2, -0.15) is 0 Å². The maximum absolute atomic E-state index is 12.0. The van der Waals surface area contributed by atoms with E-state index in [9.17, 15) is 9.18 Å². The van der Waals surface area contributed by atoms with Crippen LogP contribution in [0.25, 0.3) is 10.8 Å². The van der Waals surface area contributed by atoms with E-state index < -0.39 is 6.67 Å². The Morgan fingerprint density at radius 2 is 1.81 bits per heavy atom. The molecule has 0 amide bonds. The van der Waals surface area contributed by atoms with Gasteiger partial charge in [-0.05, 0) is 22.8 Å². The topological polar surface area (TPSA) is 17.1 Å². The highest BCUT2D eigenvalue weighted by atomic mass is 19.1. The normalized spacial score (nSPS) is 10.6. The van der Waals surface area contributed by atoms with Gasteiger partial charge in [0.05, 0.1) is 0 Å². The number of hydrogen-bond donors (Lipinski definition) is 0. The Morgan fingerprint density at radius 3 is 2.56 bits per heavy atom. The first-order chi connectivity index (χ1) is 7.79. The van der Waals surface area contributed by atoms with Crippen molar-refractivity contribution in [1.82, 2.24) is 0 Å². The van der Waals surface area contributed by atoms with E-state index in [1.54, 1.807) is 0 Å². The van der Waals surface area contributed by atoms with E-state index in [4.69, 9.17) is 0 Å². The second kappa shape index (κ2) is 4.88. The predicted molar refractivity (Wildman–Crippen MR) is 63.3 cm³/mol. The van der Waals surface area contributed by atoms with Crippen LogP contribution in [0.1, 0.15) is 12.0 Å². The van der Waals surface area contributed by atoms with Crippen LogP contribution in [0.5, 0.6) is 0 Å². The Morgan fingerprint density at radius 1 is 1.06 bits per heavy atom. The lowest BCUT2D eigenvalue weighted by Gasteiger charge is -2.02. The lowest BCUT2D eigenvalue weighted by molar-refractivity contribution is -0.119. The molecule has 2 rings (SSSR count). The summed E-state index contributed by atoms with van der Waals surface area (Å²) < 4.78 is 12.0. The molecule has 0 aromatic heterocycles. The second-order valence-corrected chi connectivity index (χ2v) is 3.85. The summed E-state index contributed by atoms with van der Waals surface area (Å²) in [6.07, 6.45) is 0.905.